The zero-order valence-corrected chi connectivity index (χ0v) is 8.30. The van der Waals surface area contributed by atoms with E-state index in [-0.39, 0.29) is 6.61 Å². The number of aryl methyl sites for hydroxylation is 1. The third kappa shape index (κ3) is 2.22. The fourth-order valence-electron chi connectivity index (χ4n) is 1.58. The van der Waals surface area contributed by atoms with Gasteiger partial charge in [-0.3, -0.25) is 0 Å². The highest BCUT2D eigenvalue weighted by Crippen LogP contribution is 2.21. The molecule has 0 spiro atoms. The van der Waals surface area contributed by atoms with Crippen molar-refractivity contribution in [2.45, 2.75) is 26.4 Å². The van der Waals surface area contributed by atoms with Gasteiger partial charge in [0.25, 0.3) is 0 Å². The highest BCUT2D eigenvalue weighted by molar-refractivity contribution is 5.57. The van der Waals surface area contributed by atoms with Crippen molar-refractivity contribution in [2.24, 2.45) is 0 Å². The van der Waals surface area contributed by atoms with Gasteiger partial charge in [0, 0.05) is 18.3 Å². The van der Waals surface area contributed by atoms with Crippen LogP contribution in [-0.4, -0.2) is 12.2 Å². The molecular weight excluding hydrogens is 162 g/mol. The minimum Gasteiger partial charge on any atom is -0.392 e. The van der Waals surface area contributed by atoms with Crippen LogP contribution in [0.2, 0.25) is 0 Å². The monoisotopic (exact) mass is 179 g/mol. The molecule has 13 heavy (non-hydrogen) atoms. The topological polar surface area (TPSA) is 32.3 Å². The van der Waals surface area contributed by atoms with Crippen LogP contribution in [0.15, 0.2) is 18.2 Å². The molecule has 0 saturated carbocycles. The maximum atomic E-state index is 9.10. The molecule has 0 unspecified atom stereocenters. The summed E-state index contributed by atoms with van der Waals surface area (Å²) in [5.74, 6) is 0. The Morgan fingerprint density at radius 1 is 1.31 bits per heavy atom. The van der Waals surface area contributed by atoms with E-state index in [9.17, 15) is 0 Å². The number of aliphatic hydroxyl groups is 1. The summed E-state index contributed by atoms with van der Waals surface area (Å²) in [6.45, 7) is 2.26. The fourth-order valence-corrected chi connectivity index (χ4v) is 1.58. The predicted molar refractivity (Wildman–Crippen MR) is 55.9 cm³/mol. The summed E-state index contributed by atoms with van der Waals surface area (Å²) in [5.41, 5.74) is 3.36. The van der Waals surface area contributed by atoms with Crippen molar-refractivity contribution in [2.75, 3.05) is 12.4 Å². The summed E-state index contributed by atoms with van der Waals surface area (Å²) < 4.78 is 0. The van der Waals surface area contributed by atoms with E-state index in [0.29, 0.717) is 0 Å². The van der Waals surface area contributed by atoms with Crippen LogP contribution in [-0.2, 0) is 13.0 Å². The molecule has 1 aromatic rings. The van der Waals surface area contributed by atoms with Gasteiger partial charge in [-0.05, 0) is 12.0 Å². The van der Waals surface area contributed by atoms with Crippen molar-refractivity contribution in [3.8, 4) is 0 Å². The van der Waals surface area contributed by atoms with Gasteiger partial charge in [0.15, 0.2) is 0 Å². The van der Waals surface area contributed by atoms with Crippen LogP contribution in [0.5, 0.6) is 0 Å². The largest absolute Gasteiger partial charge is 0.392 e. The van der Waals surface area contributed by atoms with Gasteiger partial charge in [0.2, 0.25) is 0 Å². The maximum absolute atomic E-state index is 9.10. The molecule has 2 N–H and O–H groups in total. The van der Waals surface area contributed by atoms with Gasteiger partial charge in [-0.1, -0.05) is 31.5 Å². The zero-order valence-electron chi connectivity index (χ0n) is 8.30. The summed E-state index contributed by atoms with van der Waals surface area (Å²) in [5, 5.41) is 12.2. The van der Waals surface area contributed by atoms with Crippen molar-refractivity contribution >= 4 is 5.69 Å². The Morgan fingerprint density at radius 2 is 2.00 bits per heavy atom. The fraction of sp³-hybridized carbons (Fsp3) is 0.455. The number of anilines is 1. The molecule has 0 fully saturated rings. The second kappa shape index (κ2) is 4.87. The van der Waals surface area contributed by atoms with Crippen molar-refractivity contribution in [1.29, 1.82) is 0 Å². The van der Waals surface area contributed by atoms with Crippen LogP contribution in [0.25, 0.3) is 0 Å². The third-order valence-electron chi connectivity index (χ3n) is 2.18. The van der Waals surface area contributed by atoms with Crippen molar-refractivity contribution in [1.82, 2.24) is 0 Å². The number of rotatable bonds is 4. The van der Waals surface area contributed by atoms with E-state index in [0.717, 1.165) is 24.1 Å². The van der Waals surface area contributed by atoms with Crippen molar-refractivity contribution < 1.29 is 5.11 Å². The van der Waals surface area contributed by atoms with E-state index in [1.54, 1.807) is 0 Å². The minimum atomic E-state index is 0.105. The van der Waals surface area contributed by atoms with Crippen LogP contribution in [0, 0.1) is 0 Å². The summed E-state index contributed by atoms with van der Waals surface area (Å²) in [4.78, 5) is 0. The van der Waals surface area contributed by atoms with E-state index in [1.165, 1.54) is 5.56 Å². The molecule has 72 valence electrons. The van der Waals surface area contributed by atoms with Crippen molar-refractivity contribution in [3.63, 3.8) is 0 Å². The lowest BCUT2D eigenvalue weighted by atomic mass is 10.0. The number of hydrogen-bond donors (Lipinski definition) is 2. The zero-order chi connectivity index (χ0) is 9.68. The van der Waals surface area contributed by atoms with Gasteiger partial charge in [0.1, 0.15) is 0 Å². The normalized spacial score (nSPS) is 10.1. The van der Waals surface area contributed by atoms with Gasteiger partial charge >= 0.3 is 0 Å². The molecule has 0 aliphatic heterocycles. The average Bonchev–Trinajstić information content (AvgIpc) is 2.18. The number of para-hydroxylation sites is 1. The molecule has 0 atom stereocenters. The lowest BCUT2D eigenvalue weighted by molar-refractivity contribution is 0.282. The van der Waals surface area contributed by atoms with Crippen molar-refractivity contribution in [3.05, 3.63) is 29.3 Å². The average molecular weight is 179 g/mol. The van der Waals surface area contributed by atoms with Crippen LogP contribution >= 0.6 is 0 Å². The Labute approximate surface area is 79.6 Å². The first-order valence-electron chi connectivity index (χ1n) is 4.72. The van der Waals surface area contributed by atoms with E-state index < -0.39 is 0 Å². The molecule has 2 nitrogen and oxygen atoms in total. The predicted octanol–water partition coefficient (Wildman–Crippen LogP) is 2.17. The summed E-state index contributed by atoms with van der Waals surface area (Å²) >= 11 is 0. The molecule has 0 aliphatic carbocycles. The summed E-state index contributed by atoms with van der Waals surface area (Å²) in [6.07, 6.45) is 2.19. The standard InChI is InChI=1S/C11H17NO/c1-3-5-9-6-4-7-10(8-13)11(9)12-2/h4,6-7,12-13H,3,5,8H2,1-2H3. The molecule has 1 rings (SSSR count). The smallest absolute Gasteiger partial charge is 0.0702 e. The lowest BCUT2D eigenvalue weighted by Crippen LogP contribution is -2.00. The number of hydrogen-bond acceptors (Lipinski definition) is 2. The molecule has 0 heterocycles. The van der Waals surface area contributed by atoms with Gasteiger partial charge < -0.3 is 10.4 Å². The molecular formula is C11H17NO. The Hall–Kier alpha value is -1.02. The Balaban J connectivity index is 3.03. The molecule has 0 amide bonds. The van der Waals surface area contributed by atoms with E-state index in [1.807, 2.05) is 19.2 Å². The molecule has 2 heteroatoms. The van der Waals surface area contributed by atoms with Crippen LogP contribution in [0.1, 0.15) is 24.5 Å². The van der Waals surface area contributed by atoms with Gasteiger partial charge in [-0.25, -0.2) is 0 Å². The maximum Gasteiger partial charge on any atom is 0.0702 e. The first-order chi connectivity index (χ1) is 6.33. The van der Waals surface area contributed by atoms with E-state index in [2.05, 4.69) is 18.3 Å². The number of nitrogens with one attached hydrogen (secondary N) is 1. The second-order valence-electron chi connectivity index (χ2n) is 3.11. The van der Waals surface area contributed by atoms with E-state index >= 15 is 0 Å². The highest BCUT2D eigenvalue weighted by Gasteiger charge is 2.04. The minimum absolute atomic E-state index is 0.105. The summed E-state index contributed by atoms with van der Waals surface area (Å²) in [7, 11) is 1.90. The molecule has 0 saturated heterocycles. The molecule has 0 radical (unpaired) electrons. The van der Waals surface area contributed by atoms with Gasteiger partial charge in [-0.15, -0.1) is 0 Å². The Kier molecular flexibility index (Phi) is 3.77. The summed E-state index contributed by atoms with van der Waals surface area (Å²) in [6, 6.07) is 6.05. The first-order valence-corrected chi connectivity index (χ1v) is 4.72. The second-order valence-corrected chi connectivity index (χ2v) is 3.11. The lowest BCUT2D eigenvalue weighted by Gasteiger charge is -2.12. The van der Waals surface area contributed by atoms with E-state index in [4.69, 9.17) is 5.11 Å². The molecule has 0 aliphatic rings. The Morgan fingerprint density at radius 3 is 2.54 bits per heavy atom. The third-order valence-corrected chi connectivity index (χ3v) is 2.18. The number of aliphatic hydroxyl groups excluding tert-OH is 1. The molecule has 0 aromatic heterocycles. The van der Waals surface area contributed by atoms with Gasteiger partial charge in [-0.2, -0.15) is 0 Å². The van der Waals surface area contributed by atoms with Crippen LogP contribution in [0.3, 0.4) is 0 Å². The molecule has 1 aromatic carbocycles. The van der Waals surface area contributed by atoms with Gasteiger partial charge in [0.05, 0.1) is 6.61 Å². The SMILES string of the molecule is CCCc1cccc(CO)c1NC. The number of benzene rings is 1. The Bertz CT molecular complexity index is 271. The quantitative estimate of drug-likeness (QED) is 0.742. The molecule has 0 bridgehead atoms. The highest BCUT2D eigenvalue weighted by atomic mass is 16.3. The van der Waals surface area contributed by atoms with Crippen LogP contribution < -0.4 is 5.32 Å². The van der Waals surface area contributed by atoms with Crippen LogP contribution in [0.4, 0.5) is 5.69 Å². The first kappa shape index (κ1) is 10.1.